The summed E-state index contributed by atoms with van der Waals surface area (Å²) in [6.45, 7) is 4.94. The topological polar surface area (TPSA) is 76.7 Å². The first kappa shape index (κ1) is 12.7. The van der Waals surface area contributed by atoms with Crippen LogP contribution in [0.1, 0.15) is 20.8 Å². The molecule has 0 aliphatic rings. The highest BCUT2D eigenvalue weighted by Gasteiger charge is 2.16. The number of likely N-dealkylation sites (N-methyl/N-ethyl adjacent to an activating group) is 1. The molecular formula is C8H16N2O4. The molecule has 0 radical (unpaired) electrons. The quantitative estimate of drug-likeness (QED) is 0.643. The summed E-state index contributed by atoms with van der Waals surface area (Å²) >= 11 is 0. The lowest BCUT2D eigenvalue weighted by atomic mass is 10.2. The van der Waals surface area contributed by atoms with E-state index in [1.807, 2.05) is 5.48 Å². The van der Waals surface area contributed by atoms with Crippen molar-refractivity contribution in [3.05, 3.63) is 0 Å². The van der Waals surface area contributed by atoms with E-state index in [1.165, 1.54) is 7.05 Å². The first-order chi connectivity index (χ1) is 6.35. The summed E-state index contributed by atoms with van der Waals surface area (Å²) in [6.07, 6.45) is -0.721. The smallest absolute Gasteiger partial charge is 0.431 e. The fourth-order valence-electron chi connectivity index (χ4n) is 0.532. The fourth-order valence-corrected chi connectivity index (χ4v) is 0.532. The van der Waals surface area contributed by atoms with Crippen LogP contribution >= 0.6 is 0 Å². The molecule has 0 saturated heterocycles. The van der Waals surface area contributed by atoms with Gasteiger partial charge in [0.2, 0.25) is 5.91 Å². The van der Waals surface area contributed by atoms with Crippen molar-refractivity contribution in [3.8, 4) is 0 Å². The minimum atomic E-state index is -0.721. The Balaban J connectivity index is 3.60. The zero-order chi connectivity index (χ0) is 11.2. The molecule has 14 heavy (non-hydrogen) atoms. The van der Waals surface area contributed by atoms with E-state index in [4.69, 9.17) is 4.74 Å². The van der Waals surface area contributed by atoms with E-state index < -0.39 is 11.7 Å². The maximum atomic E-state index is 10.9. The molecule has 0 aromatic rings. The van der Waals surface area contributed by atoms with Gasteiger partial charge in [0.05, 0.1) is 0 Å². The second-order valence-electron chi connectivity index (χ2n) is 3.57. The van der Waals surface area contributed by atoms with Gasteiger partial charge in [-0.25, -0.2) is 4.79 Å². The number of hydrogen-bond donors (Lipinski definition) is 2. The van der Waals surface area contributed by atoms with E-state index in [2.05, 4.69) is 10.2 Å². The third kappa shape index (κ3) is 7.35. The number of rotatable bonds is 3. The Bertz CT molecular complexity index is 210. The van der Waals surface area contributed by atoms with Crippen molar-refractivity contribution in [2.24, 2.45) is 0 Å². The molecule has 6 nitrogen and oxygen atoms in total. The van der Waals surface area contributed by atoms with Crippen molar-refractivity contribution in [3.63, 3.8) is 0 Å². The lowest BCUT2D eigenvalue weighted by Crippen LogP contribution is -2.35. The van der Waals surface area contributed by atoms with Crippen molar-refractivity contribution in [2.75, 3.05) is 13.7 Å². The molecule has 0 rings (SSSR count). The number of hydroxylamine groups is 1. The Labute approximate surface area is 82.9 Å². The van der Waals surface area contributed by atoms with E-state index >= 15 is 0 Å². The minimum Gasteiger partial charge on any atom is -0.442 e. The second-order valence-corrected chi connectivity index (χ2v) is 3.57. The number of carbonyl (C=O) groups excluding carboxylic acids is 2. The van der Waals surface area contributed by atoms with Gasteiger partial charge in [0, 0.05) is 7.05 Å². The van der Waals surface area contributed by atoms with E-state index in [1.54, 1.807) is 20.8 Å². The minimum absolute atomic E-state index is 0.240. The average Bonchev–Trinajstić information content (AvgIpc) is 2.00. The maximum absolute atomic E-state index is 10.9. The highest BCUT2D eigenvalue weighted by Crippen LogP contribution is 2.05. The van der Waals surface area contributed by atoms with Crippen LogP contribution in [0.2, 0.25) is 0 Å². The molecule has 0 aromatic heterocycles. The Morgan fingerprint density at radius 3 is 2.29 bits per heavy atom. The van der Waals surface area contributed by atoms with Crippen LogP contribution in [0.15, 0.2) is 0 Å². The SMILES string of the molecule is CNC(=O)CONC(=O)OC(C)(C)C. The molecule has 82 valence electrons. The Hall–Kier alpha value is -1.30. The predicted octanol–water partition coefficient (Wildman–Crippen LogP) is 0.189. The van der Waals surface area contributed by atoms with Crippen LogP contribution in [0.5, 0.6) is 0 Å². The van der Waals surface area contributed by atoms with E-state index in [9.17, 15) is 9.59 Å². The molecular weight excluding hydrogens is 188 g/mol. The van der Waals surface area contributed by atoms with Gasteiger partial charge in [0.1, 0.15) is 5.60 Å². The van der Waals surface area contributed by atoms with Gasteiger partial charge in [-0.1, -0.05) is 0 Å². The summed E-state index contributed by atoms with van der Waals surface area (Å²) < 4.78 is 4.85. The van der Waals surface area contributed by atoms with Crippen molar-refractivity contribution >= 4 is 12.0 Å². The van der Waals surface area contributed by atoms with Gasteiger partial charge in [-0.15, -0.1) is 0 Å². The van der Waals surface area contributed by atoms with Gasteiger partial charge in [-0.2, -0.15) is 5.48 Å². The number of carbonyl (C=O) groups is 2. The molecule has 0 fully saturated rings. The third-order valence-electron chi connectivity index (χ3n) is 1.04. The maximum Gasteiger partial charge on any atom is 0.431 e. The molecule has 0 saturated carbocycles. The highest BCUT2D eigenvalue weighted by molar-refractivity contribution is 5.77. The van der Waals surface area contributed by atoms with E-state index in [0.717, 1.165) is 0 Å². The van der Waals surface area contributed by atoms with Crippen molar-refractivity contribution in [1.29, 1.82) is 0 Å². The summed E-state index contributed by atoms with van der Waals surface area (Å²) in [5.74, 6) is -0.332. The first-order valence-electron chi connectivity index (χ1n) is 4.16. The Morgan fingerprint density at radius 1 is 1.29 bits per heavy atom. The molecule has 0 spiro atoms. The summed E-state index contributed by atoms with van der Waals surface area (Å²) in [7, 11) is 1.47. The molecule has 0 bridgehead atoms. The molecule has 2 N–H and O–H groups in total. The van der Waals surface area contributed by atoms with E-state index in [-0.39, 0.29) is 12.5 Å². The largest absolute Gasteiger partial charge is 0.442 e. The molecule has 0 aromatic carbocycles. The monoisotopic (exact) mass is 204 g/mol. The van der Waals surface area contributed by atoms with Gasteiger partial charge in [0.15, 0.2) is 6.61 Å². The second kappa shape index (κ2) is 5.43. The zero-order valence-corrected chi connectivity index (χ0v) is 8.84. The van der Waals surface area contributed by atoms with Crippen LogP contribution < -0.4 is 10.8 Å². The van der Waals surface area contributed by atoms with Crippen LogP contribution in [0.25, 0.3) is 0 Å². The number of ether oxygens (including phenoxy) is 1. The summed E-state index contributed by atoms with van der Waals surface area (Å²) in [6, 6.07) is 0. The molecule has 2 amide bonds. The summed E-state index contributed by atoms with van der Waals surface area (Å²) in [4.78, 5) is 26.1. The van der Waals surface area contributed by atoms with Crippen LogP contribution in [0.3, 0.4) is 0 Å². The normalized spacial score (nSPS) is 10.6. The molecule has 0 aliphatic heterocycles. The fraction of sp³-hybridized carbons (Fsp3) is 0.750. The zero-order valence-electron chi connectivity index (χ0n) is 8.84. The van der Waals surface area contributed by atoms with Crippen molar-refractivity contribution in [2.45, 2.75) is 26.4 Å². The van der Waals surface area contributed by atoms with Crippen LogP contribution in [0, 0.1) is 0 Å². The summed E-state index contributed by atoms with van der Waals surface area (Å²) in [5.41, 5.74) is 1.40. The van der Waals surface area contributed by atoms with Crippen LogP contribution in [-0.2, 0) is 14.4 Å². The lowest BCUT2D eigenvalue weighted by Gasteiger charge is -2.19. The van der Waals surface area contributed by atoms with E-state index in [0.29, 0.717) is 0 Å². The van der Waals surface area contributed by atoms with Gasteiger partial charge < -0.3 is 10.1 Å². The Kier molecular flexibility index (Phi) is 4.93. The lowest BCUT2D eigenvalue weighted by molar-refractivity contribution is -0.127. The molecule has 0 aliphatic carbocycles. The van der Waals surface area contributed by atoms with Crippen LogP contribution in [-0.4, -0.2) is 31.3 Å². The average molecular weight is 204 g/mol. The number of nitrogens with one attached hydrogen (secondary N) is 2. The van der Waals surface area contributed by atoms with Gasteiger partial charge in [-0.3, -0.25) is 9.63 Å². The summed E-state index contributed by atoms with van der Waals surface area (Å²) in [5, 5.41) is 2.33. The molecule has 6 heteroatoms. The first-order valence-corrected chi connectivity index (χ1v) is 4.16. The number of hydrogen-bond acceptors (Lipinski definition) is 4. The molecule has 0 atom stereocenters. The van der Waals surface area contributed by atoms with Crippen molar-refractivity contribution in [1.82, 2.24) is 10.8 Å². The van der Waals surface area contributed by atoms with Crippen LogP contribution in [0.4, 0.5) is 4.79 Å². The number of amides is 2. The van der Waals surface area contributed by atoms with Crippen molar-refractivity contribution < 1.29 is 19.2 Å². The van der Waals surface area contributed by atoms with Gasteiger partial charge >= 0.3 is 6.09 Å². The highest BCUT2D eigenvalue weighted by atomic mass is 16.7. The van der Waals surface area contributed by atoms with Gasteiger partial charge in [-0.05, 0) is 20.8 Å². The molecule has 0 unspecified atom stereocenters. The third-order valence-corrected chi connectivity index (χ3v) is 1.04. The van der Waals surface area contributed by atoms with Gasteiger partial charge in [0.25, 0.3) is 0 Å². The standard InChI is InChI=1S/C8H16N2O4/c1-8(2,3)14-7(12)10-13-5-6(11)9-4/h5H2,1-4H3,(H,9,11)(H,10,12). The predicted molar refractivity (Wildman–Crippen MR) is 49.4 cm³/mol. The molecule has 0 heterocycles. The Morgan fingerprint density at radius 2 is 1.86 bits per heavy atom.